The molecule has 1 aliphatic heterocycles. The third-order valence-electron chi connectivity index (χ3n) is 5.17. The molecular formula is C18H23IN4O. The second-order valence-electron chi connectivity index (χ2n) is 6.48. The zero-order chi connectivity index (χ0) is 15.7. The molecule has 1 aromatic heterocycles. The summed E-state index contributed by atoms with van der Waals surface area (Å²) < 4.78 is 4.89. The molecule has 1 N–H and O–H groups in total. The monoisotopic (exact) mass is 438 g/mol. The topological polar surface area (TPSA) is 53.7 Å². The van der Waals surface area contributed by atoms with E-state index in [4.69, 9.17) is 4.52 Å². The van der Waals surface area contributed by atoms with Crippen LogP contribution in [0.4, 0.5) is 5.69 Å². The van der Waals surface area contributed by atoms with Crippen LogP contribution in [0, 0.1) is 0 Å². The number of rotatable bonds is 2. The Labute approximate surface area is 159 Å². The minimum Gasteiger partial charge on any atom is -0.364 e. The number of aromatic nitrogens is 1. The fourth-order valence-corrected chi connectivity index (χ4v) is 4.09. The van der Waals surface area contributed by atoms with E-state index in [-0.39, 0.29) is 24.0 Å². The SMILES string of the molecule is CN=C(NCc1ccon1)N1CC2(CCCC2)c2ccccc21.I. The average molecular weight is 438 g/mol. The third kappa shape index (κ3) is 2.92. The zero-order valence-corrected chi connectivity index (χ0v) is 16.2. The van der Waals surface area contributed by atoms with Crippen molar-refractivity contribution in [2.75, 3.05) is 18.5 Å². The molecular weight excluding hydrogens is 415 g/mol. The van der Waals surface area contributed by atoms with Crippen LogP contribution in [0.2, 0.25) is 0 Å². The van der Waals surface area contributed by atoms with Gasteiger partial charge in [-0.1, -0.05) is 36.2 Å². The summed E-state index contributed by atoms with van der Waals surface area (Å²) in [6.45, 7) is 1.64. The summed E-state index contributed by atoms with van der Waals surface area (Å²) in [7, 11) is 1.84. The van der Waals surface area contributed by atoms with Crippen LogP contribution < -0.4 is 10.2 Å². The largest absolute Gasteiger partial charge is 0.364 e. The average Bonchev–Trinajstić information content (AvgIpc) is 3.32. The number of benzene rings is 1. The van der Waals surface area contributed by atoms with Crippen molar-refractivity contribution in [3.63, 3.8) is 0 Å². The highest BCUT2D eigenvalue weighted by molar-refractivity contribution is 14.0. The fraction of sp³-hybridized carbons (Fsp3) is 0.444. The molecule has 0 amide bonds. The van der Waals surface area contributed by atoms with Gasteiger partial charge in [-0.15, -0.1) is 24.0 Å². The third-order valence-corrected chi connectivity index (χ3v) is 5.17. The summed E-state index contributed by atoms with van der Waals surface area (Å²) in [4.78, 5) is 6.83. The number of aliphatic imine (C=N–C) groups is 1. The Morgan fingerprint density at radius 3 is 2.79 bits per heavy atom. The number of guanidine groups is 1. The molecule has 1 saturated carbocycles. The Morgan fingerprint density at radius 1 is 1.29 bits per heavy atom. The number of hydrogen-bond acceptors (Lipinski definition) is 3. The lowest BCUT2D eigenvalue weighted by Gasteiger charge is -2.26. The molecule has 128 valence electrons. The van der Waals surface area contributed by atoms with E-state index in [1.54, 1.807) is 6.26 Å². The molecule has 0 radical (unpaired) electrons. The first-order valence-corrected chi connectivity index (χ1v) is 8.29. The summed E-state index contributed by atoms with van der Waals surface area (Å²) in [5, 5.41) is 7.37. The Hall–Kier alpha value is -1.57. The van der Waals surface area contributed by atoms with E-state index < -0.39 is 0 Å². The van der Waals surface area contributed by atoms with E-state index >= 15 is 0 Å². The molecule has 5 nitrogen and oxygen atoms in total. The standard InChI is InChI=1S/C18H22N4O.HI/c1-19-17(20-12-14-8-11-23-21-14)22-13-18(9-4-5-10-18)15-6-2-3-7-16(15)22;/h2-3,6-8,11H,4-5,9-10,12-13H2,1H3,(H,19,20);1H. The number of nitrogens with one attached hydrogen (secondary N) is 1. The van der Waals surface area contributed by atoms with Crippen molar-refractivity contribution in [2.24, 2.45) is 4.99 Å². The van der Waals surface area contributed by atoms with E-state index in [1.165, 1.54) is 36.9 Å². The molecule has 1 spiro atoms. The Bertz CT molecular complexity index is 708. The second kappa shape index (κ2) is 7.13. The minimum atomic E-state index is 0. The predicted octanol–water partition coefficient (Wildman–Crippen LogP) is 3.70. The lowest BCUT2D eigenvalue weighted by atomic mass is 9.81. The van der Waals surface area contributed by atoms with Gasteiger partial charge in [0.1, 0.15) is 12.0 Å². The van der Waals surface area contributed by atoms with Crippen molar-refractivity contribution >= 4 is 35.6 Å². The van der Waals surface area contributed by atoms with E-state index in [1.807, 2.05) is 13.1 Å². The molecule has 0 unspecified atom stereocenters. The predicted molar refractivity (Wildman–Crippen MR) is 106 cm³/mol. The molecule has 1 aromatic carbocycles. The van der Waals surface area contributed by atoms with Gasteiger partial charge >= 0.3 is 0 Å². The molecule has 2 aromatic rings. The van der Waals surface area contributed by atoms with Gasteiger partial charge in [0, 0.05) is 30.8 Å². The normalized spacial score (nSPS) is 18.5. The van der Waals surface area contributed by atoms with Crippen LogP contribution in [0.25, 0.3) is 0 Å². The second-order valence-corrected chi connectivity index (χ2v) is 6.48. The molecule has 1 aliphatic carbocycles. The molecule has 2 heterocycles. The van der Waals surface area contributed by atoms with Crippen LogP contribution in [0.3, 0.4) is 0 Å². The maximum atomic E-state index is 4.89. The van der Waals surface area contributed by atoms with Gasteiger partial charge < -0.3 is 14.7 Å². The first kappa shape index (κ1) is 17.3. The molecule has 2 aliphatic rings. The van der Waals surface area contributed by atoms with E-state index in [0.717, 1.165) is 18.2 Å². The fourth-order valence-electron chi connectivity index (χ4n) is 4.09. The van der Waals surface area contributed by atoms with Crippen molar-refractivity contribution in [2.45, 2.75) is 37.6 Å². The summed E-state index contributed by atoms with van der Waals surface area (Å²) in [6, 6.07) is 10.7. The Kier molecular flexibility index (Phi) is 5.12. The van der Waals surface area contributed by atoms with Crippen molar-refractivity contribution in [1.29, 1.82) is 0 Å². The zero-order valence-electron chi connectivity index (χ0n) is 13.9. The van der Waals surface area contributed by atoms with Gasteiger partial charge in [0.15, 0.2) is 5.96 Å². The summed E-state index contributed by atoms with van der Waals surface area (Å²) >= 11 is 0. The van der Waals surface area contributed by atoms with Crippen LogP contribution in [-0.4, -0.2) is 24.7 Å². The van der Waals surface area contributed by atoms with Gasteiger partial charge in [-0.05, 0) is 24.5 Å². The number of nitrogens with zero attached hydrogens (tertiary/aromatic N) is 3. The molecule has 0 saturated heterocycles. The van der Waals surface area contributed by atoms with Crippen molar-refractivity contribution < 1.29 is 4.52 Å². The van der Waals surface area contributed by atoms with Gasteiger partial charge in [-0.2, -0.15) is 0 Å². The van der Waals surface area contributed by atoms with Crippen LogP contribution in [0.5, 0.6) is 0 Å². The number of halogens is 1. The number of hydrogen-bond donors (Lipinski definition) is 1. The lowest BCUT2D eigenvalue weighted by Crippen LogP contribution is -2.43. The molecule has 6 heteroatoms. The highest BCUT2D eigenvalue weighted by Crippen LogP contribution is 2.50. The quantitative estimate of drug-likeness (QED) is 0.442. The van der Waals surface area contributed by atoms with Gasteiger partial charge in [0.25, 0.3) is 0 Å². The van der Waals surface area contributed by atoms with Crippen LogP contribution >= 0.6 is 24.0 Å². The Balaban J connectivity index is 0.00000169. The number of fused-ring (bicyclic) bond motifs is 2. The van der Waals surface area contributed by atoms with Crippen molar-refractivity contribution in [1.82, 2.24) is 10.5 Å². The van der Waals surface area contributed by atoms with Gasteiger partial charge in [0.2, 0.25) is 0 Å². The first-order valence-electron chi connectivity index (χ1n) is 8.29. The maximum Gasteiger partial charge on any atom is 0.198 e. The van der Waals surface area contributed by atoms with Crippen LogP contribution in [0.1, 0.15) is 36.9 Å². The van der Waals surface area contributed by atoms with E-state index in [0.29, 0.717) is 12.0 Å². The smallest absolute Gasteiger partial charge is 0.198 e. The van der Waals surface area contributed by atoms with Gasteiger partial charge in [0.05, 0.1) is 6.54 Å². The lowest BCUT2D eigenvalue weighted by molar-refractivity contribution is 0.410. The summed E-state index contributed by atoms with van der Waals surface area (Å²) in [5.41, 5.74) is 3.97. The number of anilines is 1. The van der Waals surface area contributed by atoms with Gasteiger partial charge in [-0.3, -0.25) is 4.99 Å². The van der Waals surface area contributed by atoms with E-state index in [9.17, 15) is 0 Å². The minimum absolute atomic E-state index is 0. The van der Waals surface area contributed by atoms with Crippen molar-refractivity contribution in [3.8, 4) is 0 Å². The molecule has 4 rings (SSSR count). The first-order chi connectivity index (χ1) is 11.3. The van der Waals surface area contributed by atoms with E-state index in [2.05, 4.69) is 44.6 Å². The summed E-state index contributed by atoms with van der Waals surface area (Å²) in [5.74, 6) is 0.907. The molecule has 0 bridgehead atoms. The summed E-state index contributed by atoms with van der Waals surface area (Å²) in [6.07, 6.45) is 6.81. The molecule has 0 atom stereocenters. The molecule has 1 fully saturated rings. The van der Waals surface area contributed by atoms with Gasteiger partial charge in [-0.25, -0.2) is 0 Å². The maximum absolute atomic E-state index is 4.89. The van der Waals surface area contributed by atoms with Crippen LogP contribution in [0.15, 0.2) is 46.1 Å². The highest BCUT2D eigenvalue weighted by atomic mass is 127. The highest BCUT2D eigenvalue weighted by Gasteiger charge is 2.45. The Morgan fingerprint density at radius 2 is 2.08 bits per heavy atom. The van der Waals surface area contributed by atoms with Crippen LogP contribution in [-0.2, 0) is 12.0 Å². The van der Waals surface area contributed by atoms with Crippen molar-refractivity contribution in [3.05, 3.63) is 47.9 Å². The number of para-hydroxylation sites is 1. The molecule has 24 heavy (non-hydrogen) atoms.